The molecule has 0 aromatic rings. The van der Waals surface area contributed by atoms with E-state index in [0.29, 0.717) is 0 Å². The molecule has 0 aromatic carbocycles. The van der Waals surface area contributed by atoms with Gasteiger partial charge in [-0.05, 0) is 11.0 Å². The van der Waals surface area contributed by atoms with E-state index in [1.54, 1.807) is 0 Å². The van der Waals surface area contributed by atoms with Crippen molar-refractivity contribution >= 4 is 92.7 Å². The van der Waals surface area contributed by atoms with Crippen molar-refractivity contribution in [2.75, 3.05) is 0 Å². The summed E-state index contributed by atoms with van der Waals surface area (Å²) < 4.78 is 0. The predicted octanol–water partition coefficient (Wildman–Crippen LogP) is -4.20. The van der Waals surface area contributed by atoms with Crippen molar-refractivity contribution in [3.63, 3.8) is 0 Å². The van der Waals surface area contributed by atoms with Crippen molar-refractivity contribution in [2.24, 2.45) is 0 Å². The summed E-state index contributed by atoms with van der Waals surface area (Å²) in [5, 5.41) is 0. The van der Waals surface area contributed by atoms with Crippen molar-refractivity contribution in [3.05, 3.63) is 0 Å². The third-order valence-electron chi connectivity index (χ3n) is 0. The molecular formula is H10AlLiSiSr. The molecule has 0 aliphatic heterocycles. The van der Waals surface area contributed by atoms with E-state index in [0.717, 1.165) is 0 Å². The van der Waals surface area contributed by atoms with Crippen LogP contribution in [-0.4, -0.2) is 92.7 Å². The van der Waals surface area contributed by atoms with Crippen LogP contribution in [-0.2, 0) is 0 Å². The molecule has 0 radical (unpaired) electrons. The van der Waals surface area contributed by atoms with Crippen molar-refractivity contribution in [1.29, 1.82) is 0 Å². The fourth-order valence-corrected chi connectivity index (χ4v) is 0. The molecule has 0 saturated heterocycles. The average molecular weight is 160 g/mol. The normalized spacial score (nSPS) is 0. The molecule has 0 N–H and O–H groups in total. The molecule has 0 aliphatic carbocycles. The van der Waals surface area contributed by atoms with Gasteiger partial charge in [0.1, 0.15) is 0 Å². The van der Waals surface area contributed by atoms with Crippen LogP contribution in [0.1, 0.15) is 0 Å². The Balaban J connectivity index is 0. The van der Waals surface area contributed by atoms with E-state index < -0.39 is 0 Å². The first kappa shape index (κ1) is 29.0. The fourth-order valence-electron chi connectivity index (χ4n) is 0. The second kappa shape index (κ2) is 17.0. The molecule has 0 fully saturated rings. The van der Waals surface area contributed by atoms with Crippen LogP contribution in [0.2, 0.25) is 0 Å². The second-order valence-electron chi connectivity index (χ2n) is 0. The van der Waals surface area contributed by atoms with Gasteiger partial charge in [-0.3, -0.25) is 0 Å². The Morgan fingerprint density at radius 2 is 1.00 bits per heavy atom. The Hall–Kier alpha value is 2.83. The van der Waals surface area contributed by atoms with Crippen molar-refractivity contribution in [1.82, 2.24) is 0 Å². The number of hydrogen-bond acceptors (Lipinski definition) is 0. The summed E-state index contributed by atoms with van der Waals surface area (Å²) in [6, 6.07) is 0. The zero-order chi connectivity index (χ0) is 0. The van der Waals surface area contributed by atoms with E-state index in [4.69, 9.17) is 0 Å². The van der Waals surface area contributed by atoms with Gasteiger partial charge in [0.15, 0.2) is 17.4 Å². The van der Waals surface area contributed by atoms with Gasteiger partial charge in [0.05, 0.1) is 0 Å². The van der Waals surface area contributed by atoms with E-state index in [1.807, 2.05) is 0 Å². The van der Waals surface area contributed by atoms with E-state index in [-0.39, 0.29) is 92.7 Å². The van der Waals surface area contributed by atoms with Gasteiger partial charge in [0, 0.05) is 0 Å². The fraction of sp³-hybridized carbons (Fsp3) is 0. The van der Waals surface area contributed by atoms with Gasteiger partial charge in [0.2, 0.25) is 0 Å². The van der Waals surface area contributed by atoms with Crippen molar-refractivity contribution < 1.29 is 0 Å². The molecule has 0 amide bonds. The van der Waals surface area contributed by atoms with E-state index in [2.05, 4.69) is 0 Å². The first-order valence-corrected chi connectivity index (χ1v) is 0. The van der Waals surface area contributed by atoms with Gasteiger partial charge in [-0.15, -0.1) is 0 Å². The number of rotatable bonds is 0. The first-order valence-electron chi connectivity index (χ1n) is 0. The molecular weight excluding hydrogens is 150 g/mol. The van der Waals surface area contributed by atoms with Crippen LogP contribution in [0.5, 0.6) is 0 Å². The standard InChI is InChI=1S/Al.Li.H4Si.Sr.6H/h;;1H4;;;;;;;. The maximum absolute atomic E-state index is 0. The monoisotopic (exact) mass is 160 g/mol. The average Bonchev–Trinajstić information content (AvgIpc) is 0. The molecule has 0 spiro atoms. The Kier molecular flexibility index (Phi) is 123. The summed E-state index contributed by atoms with van der Waals surface area (Å²) in [4.78, 5) is 0. The van der Waals surface area contributed by atoms with E-state index >= 15 is 0 Å². The molecule has 0 bridgehead atoms. The Bertz CT molecular complexity index is 8.00. The third kappa shape index (κ3) is 8.85. The predicted molar refractivity (Wildman–Crippen MR) is 37.0 cm³/mol. The van der Waals surface area contributed by atoms with Gasteiger partial charge in [-0.2, -0.15) is 0 Å². The summed E-state index contributed by atoms with van der Waals surface area (Å²) in [6.45, 7) is 0. The molecule has 0 heterocycles. The van der Waals surface area contributed by atoms with Gasteiger partial charge < -0.3 is 0 Å². The Morgan fingerprint density at radius 3 is 1.00 bits per heavy atom. The van der Waals surface area contributed by atoms with E-state index in [9.17, 15) is 0 Å². The third-order valence-corrected chi connectivity index (χ3v) is 0. The summed E-state index contributed by atoms with van der Waals surface area (Å²) >= 11 is 0. The molecule has 0 atom stereocenters. The quantitative estimate of drug-likeness (QED) is 0.315. The molecule has 4 heteroatoms. The van der Waals surface area contributed by atoms with Gasteiger partial charge in [-0.25, -0.2) is 0 Å². The van der Waals surface area contributed by atoms with Crippen LogP contribution in [0.15, 0.2) is 0 Å². The molecule has 20 valence electrons. The van der Waals surface area contributed by atoms with Crippen LogP contribution in [0.25, 0.3) is 0 Å². The van der Waals surface area contributed by atoms with Crippen LogP contribution in [0.3, 0.4) is 0 Å². The molecule has 4 heavy (non-hydrogen) atoms. The zero-order valence-electron chi connectivity index (χ0n) is 0. The van der Waals surface area contributed by atoms with Crippen LogP contribution >= 0.6 is 0 Å². The van der Waals surface area contributed by atoms with Crippen molar-refractivity contribution in [3.8, 4) is 0 Å². The minimum atomic E-state index is 0. The summed E-state index contributed by atoms with van der Waals surface area (Å²) in [7, 11) is 0. The molecule has 0 rings (SSSR count). The molecule has 0 nitrogen and oxygen atoms in total. The molecule has 0 aromatic heterocycles. The summed E-state index contributed by atoms with van der Waals surface area (Å²) in [6.07, 6.45) is 0. The summed E-state index contributed by atoms with van der Waals surface area (Å²) in [5.74, 6) is 0. The SMILES string of the molecule is [AlH3].[LiH].[SiH4].[SrH2]. The Morgan fingerprint density at radius 1 is 1.00 bits per heavy atom. The molecule has 0 unspecified atom stereocenters. The van der Waals surface area contributed by atoms with E-state index in [1.165, 1.54) is 0 Å². The number of hydrogen-bond donors (Lipinski definition) is 0. The van der Waals surface area contributed by atoms with Crippen LogP contribution in [0.4, 0.5) is 0 Å². The van der Waals surface area contributed by atoms with Crippen LogP contribution in [0, 0.1) is 0 Å². The van der Waals surface area contributed by atoms with Crippen molar-refractivity contribution in [2.45, 2.75) is 0 Å². The van der Waals surface area contributed by atoms with Gasteiger partial charge in [0.25, 0.3) is 0 Å². The summed E-state index contributed by atoms with van der Waals surface area (Å²) in [5.41, 5.74) is 0. The van der Waals surface area contributed by atoms with Gasteiger partial charge >= 0.3 is 64.3 Å². The Labute approximate surface area is 90.7 Å². The molecule has 0 saturated carbocycles. The molecule has 0 aliphatic rings. The van der Waals surface area contributed by atoms with Crippen LogP contribution < -0.4 is 0 Å². The maximum atomic E-state index is 0. The topological polar surface area (TPSA) is 0 Å². The zero-order valence-corrected chi connectivity index (χ0v) is 0. The minimum absolute atomic E-state index is 0. The second-order valence-corrected chi connectivity index (χ2v) is 0. The first-order chi connectivity index (χ1) is 0. The van der Waals surface area contributed by atoms with Gasteiger partial charge in [-0.1, -0.05) is 0 Å².